The van der Waals surface area contributed by atoms with Gasteiger partial charge in [0.25, 0.3) is 0 Å². The summed E-state index contributed by atoms with van der Waals surface area (Å²) in [5, 5.41) is 4.43. The number of thiophene rings is 1. The van der Waals surface area contributed by atoms with E-state index >= 15 is 0 Å². The minimum atomic E-state index is -4.71. The lowest BCUT2D eigenvalue weighted by Gasteiger charge is -2.17. The van der Waals surface area contributed by atoms with E-state index in [-0.39, 0.29) is 5.82 Å². The normalized spacial score (nSPS) is 13.6. The van der Waals surface area contributed by atoms with E-state index < -0.39 is 27.1 Å². The molecule has 0 saturated heterocycles. The van der Waals surface area contributed by atoms with Crippen LogP contribution in [0.1, 0.15) is 12.5 Å². The molecule has 0 aliphatic carbocycles. The monoisotopic (exact) mass is 483 g/mol. The number of hydrogen-bond acceptors (Lipinski definition) is 4. The predicted octanol–water partition coefficient (Wildman–Crippen LogP) is 5.43. The number of nitrogens with zero attached hydrogens (tertiary/aromatic N) is 2. The number of alkyl halides is 3. The van der Waals surface area contributed by atoms with Gasteiger partial charge in [0.15, 0.2) is 0 Å². The maximum atomic E-state index is 14.1. The van der Waals surface area contributed by atoms with Crippen molar-refractivity contribution in [3.05, 3.63) is 64.7 Å². The summed E-state index contributed by atoms with van der Waals surface area (Å²) in [6, 6.07) is 7.10. The SMILES string of the molecule is Cc1cc2c(cc1F)cc(-c1ccc(S(=O)(=O)NC(C)C(F)(F)F)cn1)n2-c1ccsc1. The van der Waals surface area contributed by atoms with Gasteiger partial charge in [0.2, 0.25) is 10.0 Å². The molecule has 3 heterocycles. The Kier molecular flexibility index (Phi) is 5.60. The molecule has 0 saturated carbocycles. The molecule has 32 heavy (non-hydrogen) atoms. The molecule has 1 N–H and O–H groups in total. The maximum Gasteiger partial charge on any atom is 0.404 e. The van der Waals surface area contributed by atoms with Gasteiger partial charge in [-0.05, 0) is 61.2 Å². The number of hydrogen-bond donors (Lipinski definition) is 1. The van der Waals surface area contributed by atoms with E-state index in [4.69, 9.17) is 0 Å². The van der Waals surface area contributed by atoms with Crippen LogP contribution in [0, 0.1) is 12.7 Å². The van der Waals surface area contributed by atoms with Crippen LogP contribution in [-0.2, 0) is 10.0 Å². The fourth-order valence-electron chi connectivity index (χ4n) is 3.24. The van der Waals surface area contributed by atoms with Gasteiger partial charge in [-0.1, -0.05) is 0 Å². The number of aromatic nitrogens is 2. The van der Waals surface area contributed by atoms with Crippen molar-refractivity contribution >= 4 is 32.3 Å². The van der Waals surface area contributed by atoms with Crippen molar-refractivity contribution < 1.29 is 26.0 Å². The number of sulfonamides is 1. The molecule has 1 unspecified atom stereocenters. The maximum absolute atomic E-state index is 14.1. The largest absolute Gasteiger partial charge is 0.404 e. The quantitative estimate of drug-likeness (QED) is 0.385. The average Bonchev–Trinajstić information content (AvgIpc) is 3.35. The van der Waals surface area contributed by atoms with E-state index in [9.17, 15) is 26.0 Å². The van der Waals surface area contributed by atoms with Gasteiger partial charge in [0.1, 0.15) is 16.8 Å². The summed E-state index contributed by atoms with van der Waals surface area (Å²) in [6.45, 7) is 2.38. The molecule has 0 bridgehead atoms. The zero-order chi connectivity index (χ0) is 23.3. The second kappa shape index (κ2) is 7.98. The van der Waals surface area contributed by atoms with Gasteiger partial charge >= 0.3 is 6.18 Å². The summed E-state index contributed by atoms with van der Waals surface area (Å²) in [4.78, 5) is 3.79. The molecule has 1 atom stereocenters. The lowest BCUT2D eigenvalue weighted by atomic mass is 10.1. The van der Waals surface area contributed by atoms with E-state index in [1.165, 1.54) is 29.5 Å². The Balaban J connectivity index is 1.78. The minimum absolute atomic E-state index is 0.356. The van der Waals surface area contributed by atoms with Gasteiger partial charge in [-0.15, -0.1) is 0 Å². The molecule has 0 aliphatic rings. The van der Waals surface area contributed by atoms with Crippen LogP contribution in [0.25, 0.3) is 28.0 Å². The molecule has 0 radical (unpaired) electrons. The van der Waals surface area contributed by atoms with Crippen LogP contribution >= 0.6 is 11.3 Å². The molecular weight excluding hydrogens is 466 g/mol. The molecule has 0 spiro atoms. The van der Waals surface area contributed by atoms with Gasteiger partial charge < -0.3 is 4.57 Å². The minimum Gasteiger partial charge on any atom is -0.307 e. The first-order chi connectivity index (χ1) is 15.0. The molecule has 11 heteroatoms. The van der Waals surface area contributed by atoms with Crippen molar-refractivity contribution in [2.75, 3.05) is 0 Å². The van der Waals surface area contributed by atoms with Crippen molar-refractivity contribution in [2.45, 2.75) is 31.0 Å². The van der Waals surface area contributed by atoms with Crippen molar-refractivity contribution in [3.63, 3.8) is 0 Å². The van der Waals surface area contributed by atoms with E-state index in [1.807, 2.05) is 21.4 Å². The summed E-state index contributed by atoms with van der Waals surface area (Å²) < 4.78 is 80.5. The van der Waals surface area contributed by atoms with Gasteiger partial charge in [-0.25, -0.2) is 12.8 Å². The Morgan fingerprint density at radius 2 is 1.91 bits per heavy atom. The van der Waals surface area contributed by atoms with Gasteiger partial charge in [-0.3, -0.25) is 4.98 Å². The molecule has 0 fully saturated rings. The molecule has 1 aromatic carbocycles. The Hall–Kier alpha value is -2.76. The number of fused-ring (bicyclic) bond motifs is 1. The number of pyridine rings is 1. The first-order valence-corrected chi connectivity index (χ1v) is 11.8. The van der Waals surface area contributed by atoms with Crippen LogP contribution in [-0.4, -0.2) is 30.2 Å². The number of rotatable bonds is 5. The van der Waals surface area contributed by atoms with E-state index in [2.05, 4.69) is 4.98 Å². The molecule has 0 amide bonds. The fraction of sp³-hybridized carbons (Fsp3) is 0.190. The van der Waals surface area contributed by atoms with E-state index in [0.717, 1.165) is 24.3 Å². The Morgan fingerprint density at radius 3 is 2.50 bits per heavy atom. The summed E-state index contributed by atoms with van der Waals surface area (Å²) in [6.07, 6.45) is -3.71. The van der Waals surface area contributed by atoms with E-state index in [0.29, 0.717) is 22.3 Å². The molecule has 3 aromatic heterocycles. The highest BCUT2D eigenvalue weighted by molar-refractivity contribution is 7.89. The topological polar surface area (TPSA) is 64.0 Å². The number of nitrogens with one attached hydrogen (secondary N) is 1. The zero-order valence-electron chi connectivity index (χ0n) is 16.8. The first kappa shape index (κ1) is 22.4. The second-order valence-electron chi connectivity index (χ2n) is 7.27. The van der Waals surface area contributed by atoms with Gasteiger partial charge in [0.05, 0.1) is 22.6 Å². The van der Waals surface area contributed by atoms with Crippen molar-refractivity contribution in [1.29, 1.82) is 0 Å². The second-order valence-corrected chi connectivity index (χ2v) is 9.76. The molecular formula is C21H17F4N3O2S2. The lowest BCUT2D eigenvalue weighted by molar-refractivity contribution is -0.147. The van der Waals surface area contributed by atoms with Crippen molar-refractivity contribution in [1.82, 2.24) is 14.3 Å². The summed E-state index contributed by atoms with van der Waals surface area (Å²) in [7, 11) is -4.42. The number of aryl methyl sites for hydroxylation is 1. The number of benzene rings is 1. The average molecular weight is 484 g/mol. The molecule has 5 nitrogen and oxygen atoms in total. The summed E-state index contributed by atoms with van der Waals surface area (Å²) in [5.74, 6) is -0.356. The van der Waals surface area contributed by atoms with E-state index in [1.54, 1.807) is 23.8 Å². The molecule has 168 valence electrons. The van der Waals surface area contributed by atoms with Gasteiger partial charge in [0, 0.05) is 17.0 Å². The third kappa shape index (κ3) is 4.15. The third-order valence-corrected chi connectivity index (χ3v) is 7.18. The highest BCUT2D eigenvalue weighted by Gasteiger charge is 2.39. The molecule has 4 rings (SSSR count). The predicted molar refractivity (Wildman–Crippen MR) is 115 cm³/mol. The highest BCUT2D eigenvalue weighted by atomic mass is 32.2. The Bertz CT molecular complexity index is 1380. The van der Waals surface area contributed by atoms with Gasteiger partial charge in [-0.2, -0.15) is 29.2 Å². The van der Waals surface area contributed by atoms with Crippen LogP contribution in [0.15, 0.2) is 58.3 Å². The lowest BCUT2D eigenvalue weighted by Crippen LogP contribution is -2.42. The zero-order valence-corrected chi connectivity index (χ0v) is 18.4. The highest BCUT2D eigenvalue weighted by Crippen LogP contribution is 2.33. The van der Waals surface area contributed by atoms with Crippen LogP contribution in [0.5, 0.6) is 0 Å². The Labute approximate surface area is 185 Å². The molecule has 0 aliphatic heterocycles. The first-order valence-electron chi connectivity index (χ1n) is 9.37. The van der Waals surface area contributed by atoms with Crippen molar-refractivity contribution in [2.24, 2.45) is 0 Å². The summed E-state index contributed by atoms with van der Waals surface area (Å²) in [5.41, 5.74) is 3.01. The van der Waals surface area contributed by atoms with Crippen LogP contribution in [0.2, 0.25) is 0 Å². The standard InChI is InChI=1S/C21H17F4N3O2S2/c1-12-7-19-14(8-17(12)22)9-20(28(19)15-5-6-31-11-15)18-4-3-16(10-26-18)32(29,30)27-13(2)21(23,24)25/h3-11,13,27H,1-2H3. The van der Waals surface area contributed by atoms with Crippen LogP contribution in [0.4, 0.5) is 17.6 Å². The Morgan fingerprint density at radius 1 is 1.16 bits per heavy atom. The van der Waals surface area contributed by atoms with Crippen LogP contribution < -0.4 is 4.72 Å². The fourth-order valence-corrected chi connectivity index (χ4v) is 5.04. The van der Waals surface area contributed by atoms with Crippen LogP contribution in [0.3, 0.4) is 0 Å². The summed E-state index contributed by atoms with van der Waals surface area (Å²) >= 11 is 1.48. The smallest absolute Gasteiger partial charge is 0.307 e. The van der Waals surface area contributed by atoms with Crippen molar-refractivity contribution in [3.8, 4) is 17.1 Å². The number of halogens is 4. The third-order valence-electron chi connectivity index (χ3n) is 4.98. The molecule has 4 aromatic rings.